The van der Waals surface area contributed by atoms with Gasteiger partial charge in [-0.1, -0.05) is 36.4 Å². The molecule has 7 nitrogen and oxygen atoms in total. The molecule has 3 aromatic rings. The third kappa shape index (κ3) is 4.55. The maximum atomic E-state index is 12.9. The molecule has 0 spiro atoms. The van der Waals surface area contributed by atoms with Crippen molar-refractivity contribution >= 4 is 29.9 Å². The van der Waals surface area contributed by atoms with Crippen molar-refractivity contribution in [1.29, 1.82) is 0 Å². The fraction of sp³-hybridized carbons (Fsp3) is 0.273. The molecule has 2 atom stereocenters. The first-order valence-electron chi connectivity index (χ1n) is 9.71. The van der Waals surface area contributed by atoms with Crippen molar-refractivity contribution in [3.05, 3.63) is 71.5 Å². The first-order valence-corrected chi connectivity index (χ1v) is 9.71. The minimum absolute atomic E-state index is 0.186. The zero-order chi connectivity index (χ0) is 21.8. The highest BCUT2D eigenvalue weighted by Gasteiger charge is 2.30. The van der Waals surface area contributed by atoms with Gasteiger partial charge < -0.3 is 24.7 Å². The molecule has 0 saturated heterocycles. The Morgan fingerprint density at radius 1 is 1.10 bits per heavy atom. The molecule has 0 aliphatic carbocycles. The van der Waals surface area contributed by atoms with Gasteiger partial charge in [-0.25, -0.2) is 0 Å². The molecule has 3 rings (SSSR count). The lowest BCUT2D eigenvalue weighted by Crippen LogP contribution is -2.49. The highest BCUT2D eigenvalue weighted by molar-refractivity contribution is 6.43. The second kappa shape index (κ2) is 9.15. The van der Waals surface area contributed by atoms with Crippen LogP contribution < -0.4 is 5.32 Å². The molecular formula is C22H25BN2O5. The van der Waals surface area contributed by atoms with Crippen LogP contribution in [-0.4, -0.2) is 53.9 Å². The average molecular weight is 408 g/mol. The molecule has 0 saturated carbocycles. The summed E-state index contributed by atoms with van der Waals surface area (Å²) in [6.45, 7) is 1.69. The van der Waals surface area contributed by atoms with Crippen LogP contribution in [0.2, 0.25) is 0 Å². The fourth-order valence-corrected chi connectivity index (χ4v) is 3.42. The number of hydrogen-bond donors (Lipinski definition) is 3. The van der Waals surface area contributed by atoms with E-state index in [2.05, 4.69) is 5.32 Å². The van der Waals surface area contributed by atoms with Crippen LogP contribution in [-0.2, 0) is 11.2 Å². The summed E-state index contributed by atoms with van der Waals surface area (Å²) in [5, 5.41) is 23.3. The van der Waals surface area contributed by atoms with E-state index in [4.69, 9.17) is 4.42 Å². The number of rotatable bonds is 7. The molecule has 1 aromatic heterocycles. The maximum absolute atomic E-state index is 12.9. The number of benzene rings is 2. The Balaban J connectivity index is 1.80. The van der Waals surface area contributed by atoms with Gasteiger partial charge in [-0.05, 0) is 36.6 Å². The summed E-state index contributed by atoms with van der Waals surface area (Å²) in [6, 6.07) is 14.3. The van der Waals surface area contributed by atoms with E-state index in [0.717, 1.165) is 10.9 Å². The van der Waals surface area contributed by atoms with E-state index in [0.29, 0.717) is 16.7 Å². The van der Waals surface area contributed by atoms with Gasteiger partial charge in [-0.3, -0.25) is 9.59 Å². The second-order valence-corrected chi connectivity index (χ2v) is 7.50. The van der Waals surface area contributed by atoms with Gasteiger partial charge in [0.2, 0.25) is 5.91 Å². The van der Waals surface area contributed by atoms with Gasteiger partial charge in [0.25, 0.3) is 5.91 Å². The van der Waals surface area contributed by atoms with Crippen LogP contribution in [0.3, 0.4) is 0 Å². The van der Waals surface area contributed by atoms with Crippen molar-refractivity contribution in [3.63, 3.8) is 0 Å². The van der Waals surface area contributed by atoms with E-state index in [-0.39, 0.29) is 12.3 Å². The normalized spacial score (nSPS) is 13.0. The highest BCUT2D eigenvalue weighted by atomic mass is 16.4. The van der Waals surface area contributed by atoms with E-state index in [1.807, 2.05) is 24.3 Å². The predicted octanol–water partition coefficient (Wildman–Crippen LogP) is 1.98. The summed E-state index contributed by atoms with van der Waals surface area (Å²) >= 11 is 0. The van der Waals surface area contributed by atoms with E-state index in [9.17, 15) is 19.6 Å². The predicted molar refractivity (Wildman–Crippen MR) is 115 cm³/mol. The van der Waals surface area contributed by atoms with Crippen LogP contribution in [0.1, 0.15) is 34.3 Å². The number of hydrogen-bond acceptors (Lipinski definition) is 5. The molecule has 0 radical (unpaired) electrons. The van der Waals surface area contributed by atoms with Gasteiger partial charge in [-0.2, -0.15) is 0 Å². The number of carbonyl (C=O) groups is 2. The lowest BCUT2D eigenvalue weighted by molar-refractivity contribution is -0.122. The lowest BCUT2D eigenvalue weighted by atomic mass is 9.75. The van der Waals surface area contributed by atoms with E-state index in [1.54, 1.807) is 51.5 Å². The average Bonchev–Trinajstić information content (AvgIpc) is 3.14. The summed E-state index contributed by atoms with van der Waals surface area (Å²) in [7, 11) is 1.54. The number of amides is 2. The molecule has 30 heavy (non-hydrogen) atoms. The van der Waals surface area contributed by atoms with Crippen LogP contribution in [0.5, 0.6) is 0 Å². The zero-order valence-corrected chi connectivity index (χ0v) is 17.2. The third-order valence-corrected chi connectivity index (χ3v) is 5.15. The second-order valence-electron chi connectivity index (χ2n) is 7.50. The van der Waals surface area contributed by atoms with Crippen molar-refractivity contribution in [2.45, 2.75) is 25.2 Å². The largest absolute Gasteiger partial charge is 0.475 e. The van der Waals surface area contributed by atoms with E-state index in [1.165, 1.54) is 4.90 Å². The smallest absolute Gasteiger partial charge is 0.464 e. The quantitative estimate of drug-likeness (QED) is 0.519. The van der Waals surface area contributed by atoms with Crippen molar-refractivity contribution in [1.82, 2.24) is 10.2 Å². The summed E-state index contributed by atoms with van der Waals surface area (Å²) in [6.07, 6.45) is 1.74. The molecule has 0 unspecified atom stereocenters. The molecule has 8 heteroatoms. The number of para-hydroxylation sites is 1. The fourth-order valence-electron chi connectivity index (χ4n) is 3.42. The zero-order valence-electron chi connectivity index (χ0n) is 17.2. The van der Waals surface area contributed by atoms with Gasteiger partial charge in [0.1, 0.15) is 5.58 Å². The Bertz CT molecular complexity index is 1050. The van der Waals surface area contributed by atoms with Crippen LogP contribution in [0.15, 0.2) is 59.2 Å². The number of carbonyl (C=O) groups excluding carboxylic acids is 2. The Morgan fingerprint density at radius 3 is 2.47 bits per heavy atom. The standard InChI is InChI=1S/C22H25BN2O5/c1-14(16-8-4-5-10-18(16)22(27)25(2)3)21(26)24-20(23(28)29)12-15-13-30-19-11-7-6-9-17(15)19/h4-11,13-14,20,28-29H,12H2,1-3H3,(H,24,26)/t14-,20-/m0/s1. The monoisotopic (exact) mass is 408 g/mol. The van der Waals surface area contributed by atoms with E-state index >= 15 is 0 Å². The minimum Gasteiger partial charge on any atom is -0.464 e. The summed E-state index contributed by atoms with van der Waals surface area (Å²) in [5.41, 5.74) is 2.47. The Labute approximate surface area is 175 Å². The first kappa shape index (κ1) is 21.6. The Hall–Kier alpha value is -3.10. The number of nitrogens with one attached hydrogen (secondary N) is 1. The van der Waals surface area contributed by atoms with Crippen molar-refractivity contribution < 1.29 is 24.1 Å². The molecule has 2 amide bonds. The van der Waals surface area contributed by atoms with Crippen molar-refractivity contribution in [2.24, 2.45) is 0 Å². The number of fused-ring (bicyclic) bond motifs is 1. The number of nitrogens with zero attached hydrogens (tertiary/aromatic N) is 1. The van der Waals surface area contributed by atoms with Gasteiger partial charge in [0.15, 0.2) is 0 Å². The summed E-state index contributed by atoms with van der Waals surface area (Å²) < 4.78 is 5.50. The van der Waals surface area contributed by atoms with Gasteiger partial charge in [0.05, 0.1) is 18.1 Å². The highest BCUT2D eigenvalue weighted by Crippen LogP contribution is 2.24. The summed E-state index contributed by atoms with van der Waals surface area (Å²) in [4.78, 5) is 26.8. The molecule has 156 valence electrons. The Kier molecular flexibility index (Phi) is 6.59. The number of furan rings is 1. The first-order chi connectivity index (χ1) is 14.3. The van der Waals surface area contributed by atoms with Crippen LogP contribution >= 0.6 is 0 Å². The Morgan fingerprint density at radius 2 is 1.77 bits per heavy atom. The molecule has 0 fully saturated rings. The lowest BCUT2D eigenvalue weighted by Gasteiger charge is -2.22. The van der Waals surface area contributed by atoms with Crippen LogP contribution in [0.4, 0.5) is 0 Å². The molecule has 0 aliphatic rings. The van der Waals surface area contributed by atoms with Crippen molar-refractivity contribution in [2.75, 3.05) is 14.1 Å². The third-order valence-electron chi connectivity index (χ3n) is 5.15. The van der Waals surface area contributed by atoms with Gasteiger partial charge >= 0.3 is 7.12 Å². The maximum Gasteiger partial charge on any atom is 0.475 e. The molecule has 1 heterocycles. The summed E-state index contributed by atoms with van der Waals surface area (Å²) in [5.74, 6) is -2.20. The van der Waals surface area contributed by atoms with Gasteiger partial charge in [0, 0.05) is 25.0 Å². The SMILES string of the molecule is C[C@H](C(=O)N[C@@H](Cc1coc2ccccc12)B(O)O)c1ccccc1C(=O)N(C)C. The van der Waals surface area contributed by atoms with Gasteiger partial charge in [-0.15, -0.1) is 0 Å². The molecule has 2 aromatic carbocycles. The van der Waals surface area contributed by atoms with Crippen LogP contribution in [0.25, 0.3) is 11.0 Å². The molecule has 3 N–H and O–H groups in total. The van der Waals surface area contributed by atoms with Crippen molar-refractivity contribution in [3.8, 4) is 0 Å². The van der Waals surface area contributed by atoms with E-state index < -0.39 is 24.9 Å². The minimum atomic E-state index is -1.76. The molecule has 0 bridgehead atoms. The topological polar surface area (TPSA) is 103 Å². The molecule has 0 aliphatic heterocycles. The van der Waals surface area contributed by atoms with Crippen LogP contribution in [0, 0.1) is 0 Å². The molecular weight excluding hydrogens is 383 g/mol.